The van der Waals surface area contributed by atoms with E-state index in [1.165, 1.54) is 31.9 Å². The maximum Gasteiger partial charge on any atom is 0.356 e. The number of carbonyl (C=O) groups is 1. The molecular formula is C32H27N5O2. The number of nitrogens with one attached hydrogen (secondary N) is 1. The number of fused-ring (bicyclic) bond motifs is 5. The second-order valence-electron chi connectivity index (χ2n) is 10.4. The maximum absolute atomic E-state index is 12.0. The average Bonchev–Trinajstić information content (AvgIpc) is 3.30. The molecule has 7 rings (SSSR count). The lowest BCUT2D eigenvalue weighted by atomic mass is 9.66. The smallest absolute Gasteiger partial charge is 0.356 e. The lowest BCUT2D eigenvalue weighted by molar-refractivity contribution is 0.0594. The van der Waals surface area contributed by atoms with E-state index in [1.807, 2.05) is 30.3 Å². The van der Waals surface area contributed by atoms with Crippen molar-refractivity contribution in [1.29, 1.82) is 0 Å². The van der Waals surface area contributed by atoms with Gasteiger partial charge in [0, 0.05) is 29.1 Å². The average molecular weight is 514 g/mol. The van der Waals surface area contributed by atoms with E-state index in [0.29, 0.717) is 0 Å². The van der Waals surface area contributed by atoms with Crippen LogP contribution in [0.2, 0.25) is 0 Å². The number of para-hydroxylation sites is 1. The summed E-state index contributed by atoms with van der Waals surface area (Å²) in [7, 11) is 1.35. The molecule has 4 heterocycles. The molecule has 0 spiro atoms. The van der Waals surface area contributed by atoms with Gasteiger partial charge in [-0.25, -0.2) is 19.7 Å². The number of carbonyl (C=O) groups excluding carboxylic acids is 1. The predicted molar refractivity (Wildman–Crippen MR) is 151 cm³/mol. The quantitative estimate of drug-likeness (QED) is 0.257. The summed E-state index contributed by atoms with van der Waals surface area (Å²) in [5.74, 6) is 1.09. The molecule has 2 aromatic carbocycles. The van der Waals surface area contributed by atoms with Crippen LogP contribution in [0.25, 0.3) is 39.6 Å². The molecule has 1 fully saturated rings. The highest BCUT2D eigenvalue weighted by Gasteiger charge is 2.34. The number of aromatic nitrogens is 4. The molecule has 5 aromatic rings. The first-order valence-corrected chi connectivity index (χ1v) is 13.2. The van der Waals surface area contributed by atoms with Crippen LogP contribution < -0.4 is 5.32 Å². The highest BCUT2D eigenvalue weighted by atomic mass is 16.5. The van der Waals surface area contributed by atoms with Crippen molar-refractivity contribution in [1.82, 2.24) is 19.5 Å². The van der Waals surface area contributed by atoms with E-state index in [0.717, 1.165) is 51.1 Å². The zero-order valence-electron chi connectivity index (χ0n) is 21.8. The molecule has 1 N–H and O–H groups in total. The van der Waals surface area contributed by atoms with E-state index >= 15 is 0 Å². The van der Waals surface area contributed by atoms with Gasteiger partial charge in [-0.15, -0.1) is 0 Å². The molecule has 39 heavy (non-hydrogen) atoms. The standard InChI is InChI=1S/C32H27N5O2/c1-32(16-6-17-32)22-13-10-20(11-14-22)28-27(21-12-15-25(34-19-21)31(38)39-2)36-30-23-7-3-4-8-24(23)35-29-26(37(28)30)9-5-18-33-29/h3-5,7-15,18-19H,6,16-17H2,1-2H3,(H,33,35). The summed E-state index contributed by atoms with van der Waals surface area (Å²) in [5, 5.41) is 3.51. The molecule has 7 heteroatoms. The third-order valence-electron chi connectivity index (χ3n) is 8.07. The molecule has 1 saturated carbocycles. The first-order chi connectivity index (χ1) is 19.1. The number of imidazole rings is 1. The Balaban J connectivity index is 1.49. The van der Waals surface area contributed by atoms with Gasteiger partial charge in [0.25, 0.3) is 0 Å². The normalized spacial score (nSPS) is 14.6. The molecular weight excluding hydrogens is 486 g/mol. The van der Waals surface area contributed by atoms with Crippen molar-refractivity contribution in [3.63, 3.8) is 0 Å². The van der Waals surface area contributed by atoms with Crippen molar-refractivity contribution in [2.24, 2.45) is 0 Å². The Hall–Kier alpha value is -4.78. The minimum absolute atomic E-state index is 0.253. The summed E-state index contributed by atoms with van der Waals surface area (Å²) < 4.78 is 7.04. The van der Waals surface area contributed by atoms with Gasteiger partial charge in [-0.3, -0.25) is 4.57 Å². The van der Waals surface area contributed by atoms with Gasteiger partial charge < -0.3 is 10.1 Å². The Labute approximate surface area is 226 Å². The van der Waals surface area contributed by atoms with Crippen LogP contribution >= 0.6 is 0 Å². The fourth-order valence-corrected chi connectivity index (χ4v) is 5.68. The lowest BCUT2D eigenvalue weighted by Crippen LogP contribution is -2.30. The molecule has 2 aliphatic rings. The number of rotatable bonds is 4. The van der Waals surface area contributed by atoms with Crippen LogP contribution in [0.15, 0.2) is 85.2 Å². The van der Waals surface area contributed by atoms with Crippen molar-refractivity contribution in [2.45, 2.75) is 31.6 Å². The number of nitrogens with zero attached hydrogens (tertiary/aromatic N) is 4. The number of methoxy groups -OCH3 is 1. The predicted octanol–water partition coefficient (Wildman–Crippen LogP) is 6.95. The molecule has 0 radical (unpaired) electrons. The molecule has 0 unspecified atom stereocenters. The van der Waals surface area contributed by atoms with Crippen LogP contribution in [-0.4, -0.2) is 32.6 Å². The molecule has 0 bridgehead atoms. The Bertz CT molecular complexity index is 1720. The molecule has 0 atom stereocenters. The van der Waals surface area contributed by atoms with Gasteiger partial charge in [0.15, 0.2) is 5.82 Å². The van der Waals surface area contributed by atoms with Crippen LogP contribution in [-0.2, 0) is 10.2 Å². The summed E-state index contributed by atoms with van der Waals surface area (Å²) in [4.78, 5) is 26.3. The van der Waals surface area contributed by atoms with Gasteiger partial charge in [-0.1, -0.05) is 49.7 Å². The number of hydrogen-bond donors (Lipinski definition) is 1. The second kappa shape index (κ2) is 8.91. The minimum atomic E-state index is -0.470. The van der Waals surface area contributed by atoms with Crippen LogP contribution in [0.4, 0.5) is 11.5 Å². The van der Waals surface area contributed by atoms with Gasteiger partial charge in [0.1, 0.15) is 11.5 Å². The molecule has 7 nitrogen and oxygen atoms in total. The molecule has 3 aromatic heterocycles. The minimum Gasteiger partial charge on any atom is -0.464 e. The number of hydrogen-bond acceptors (Lipinski definition) is 6. The molecule has 0 saturated heterocycles. The van der Waals surface area contributed by atoms with Gasteiger partial charge in [0.05, 0.1) is 29.9 Å². The van der Waals surface area contributed by atoms with Crippen molar-refractivity contribution in [3.8, 4) is 39.6 Å². The second-order valence-corrected chi connectivity index (χ2v) is 10.4. The van der Waals surface area contributed by atoms with Crippen molar-refractivity contribution in [3.05, 3.63) is 96.4 Å². The van der Waals surface area contributed by atoms with E-state index in [4.69, 9.17) is 9.72 Å². The first kappa shape index (κ1) is 23.3. The summed E-state index contributed by atoms with van der Waals surface area (Å²) in [6, 6.07) is 24.6. The Morgan fingerprint density at radius 1 is 0.949 bits per heavy atom. The topological polar surface area (TPSA) is 81.9 Å². The number of anilines is 2. The number of ether oxygens (including phenoxy) is 1. The zero-order valence-corrected chi connectivity index (χ0v) is 21.8. The van der Waals surface area contributed by atoms with E-state index in [2.05, 4.69) is 63.2 Å². The number of pyridine rings is 2. The summed E-state index contributed by atoms with van der Waals surface area (Å²) >= 11 is 0. The largest absolute Gasteiger partial charge is 0.464 e. The molecule has 192 valence electrons. The first-order valence-electron chi connectivity index (χ1n) is 13.2. The van der Waals surface area contributed by atoms with Crippen molar-refractivity contribution >= 4 is 17.5 Å². The third-order valence-corrected chi connectivity index (χ3v) is 8.07. The molecule has 0 amide bonds. The van der Waals surface area contributed by atoms with Gasteiger partial charge in [0.2, 0.25) is 0 Å². The van der Waals surface area contributed by atoms with E-state index < -0.39 is 5.97 Å². The van der Waals surface area contributed by atoms with Gasteiger partial charge in [-0.2, -0.15) is 0 Å². The zero-order chi connectivity index (χ0) is 26.6. The summed E-state index contributed by atoms with van der Waals surface area (Å²) in [5.41, 5.74) is 8.27. The van der Waals surface area contributed by atoms with Crippen LogP contribution in [0.5, 0.6) is 0 Å². The van der Waals surface area contributed by atoms with Crippen LogP contribution in [0.1, 0.15) is 42.2 Å². The van der Waals surface area contributed by atoms with E-state index in [9.17, 15) is 4.79 Å². The van der Waals surface area contributed by atoms with Crippen LogP contribution in [0, 0.1) is 0 Å². The highest BCUT2D eigenvalue weighted by Crippen LogP contribution is 2.46. The monoisotopic (exact) mass is 513 g/mol. The van der Waals surface area contributed by atoms with Crippen molar-refractivity contribution < 1.29 is 9.53 Å². The number of esters is 1. The maximum atomic E-state index is 12.0. The lowest BCUT2D eigenvalue weighted by Gasteiger charge is -2.39. The number of benzene rings is 2. The van der Waals surface area contributed by atoms with E-state index in [-0.39, 0.29) is 11.1 Å². The Morgan fingerprint density at radius 2 is 1.74 bits per heavy atom. The molecule has 1 aliphatic heterocycles. The molecule has 1 aliphatic carbocycles. The summed E-state index contributed by atoms with van der Waals surface area (Å²) in [6.45, 7) is 2.35. The summed E-state index contributed by atoms with van der Waals surface area (Å²) in [6.07, 6.45) is 7.21. The fraction of sp³-hybridized carbons (Fsp3) is 0.188. The Morgan fingerprint density at radius 3 is 2.46 bits per heavy atom. The van der Waals surface area contributed by atoms with Crippen molar-refractivity contribution in [2.75, 3.05) is 12.4 Å². The fourth-order valence-electron chi connectivity index (χ4n) is 5.68. The van der Waals surface area contributed by atoms with Gasteiger partial charge >= 0.3 is 5.97 Å². The van der Waals surface area contributed by atoms with E-state index in [1.54, 1.807) is 18.5 Å². The van der Waals surface area contributed by atoms with Crippen LogP contribution in [0.3, 0.4) is 0 Å². The van der Waals surface area contributed by atoms with Gasteiger partial charge in [-0.05, 0) is 60.2 Å². The third kappa shape index (κ3) is 3.73. The highest BCUT2D eigenvalue weighted by molar-refractivity contribution is 5.91. The Kier molecular flexibility index (Phi) is 5.33. The SMILES string of the molecule is COC(=O)c1ccc(-c2nc3n(c2-c2ccc(C4(C)CCC4)cc2)-c2cccnc2Nc2ccccc2-3)cn1.